The third kappa shape index (κ3) is 14.2. The Bertz CT molecular complexity index is 870. The van der Waals surface area contributed by atoms with Gasteiger partial charge in [0.05, 0.1) is 0 Å². The van der Waals surface area contributed by atoms with Gasteiger partial charge in [0.1, 0.15) is 4.93 Å². The third-order valence-electron chi connectivity index (χ3n) is 8.19. The molecule has 0 saturated carbocycles. The molecule has 242 valence electrons. The molecule has 0 aliphatic rings. The second kappa shape index (κ2) is 22.5. The number of rotatable bonds is 27. The van der Waals surface area contributed by atoms with Gasteiger partial charge in [-0.25, -0.2) is 4.79 Å². The zero-order chi connectivity index (χ0) is 31.3. The molecule has 0 aromatic heterocycles. The first kappa shape index (κ1) is 39.0. The highest BCUT2D eigenvalue weighted by Crippen LogP contribution is 2.43. The summed E-state index contributed by atoms with van der Waals surface area (Å²) < 4.78 is 24.0. The zero-order valence-electron chi connectivity index (χ0n) is 26.9. The summed E-state index contributed by atoms with van der Waals surface area (Å²) in [6.07, 6.45) is 16.2. The standard InChI is InChI=1S/C34H59O6PS/c1-5-9-11-13-14-16-18-24-33(42,40-34(41-38,31(35)36)32(37)39-26-7-3)25-23-29(21-17-15-12-10-6-2)30-22-19-20-28(8-4)27-30/h19-20,22,27,29,32,37,42H,5-18,21,23-26H2,1-4H3,(H,35,36)/p+1. The molecular weight excluding hydrogens is 567 g/mol. The highest BCUT2D eigenvalue weighted by atomic mass is 32.1. The molecule has 1 aromatic rings. The minimum absolute atomic E-state index is 0.134. The van der Waals surface area contributed by atoms with Crippen molar-refractivity contribution < 1.29 is 29.0 Å². The van der Waals surface area contributed by atoms with Crippen molar-refractivity contribution in [1.29, 1.82) is 0 Å². The van der Waals surface area contributed by atoms with Gasteiger partial charge in [0.2, 0.25) is 6.29 Å². The van der Waals surface area contributed by atoms with Crippen LogP contribution in [0, 0.1) is 0 Å². The lowest BCUT2D eigenvalue weighted by Gasteiger charge is -2.35. The molecule has 5 unspecified atom stereocenters. The molecule has 0 aliphatic heterocycles. The maximum atomic E-state index is 12.5. The Balaban J connectivity index is 3.20. The molecule has 0 amide bonds. The summed E-state index contributed by atoms with van der Waals surface area (Å²) in [6.45, 7) is 8.58. The highest BCUT2D eigenvalue weighted by molar-refractivity contribution is 7.81. The van der Waals surface area contributed by atoms with Gasteiger partial charge in [-0.3, -0.25) is 0 Å². The fraction of sp³-hybridized carbons (Fsp3) is 0.794. The molecule has 8 heteroatoms. The highest BCUT2D eigenvalue weighted by Gasteiger charge is 2.61. The van der Waals surface area contributed by atoms with Crippen LogP contribution in [0.25, 0.3) is 0 Å². The number of ether oxygens (including phenoxy) is 2. The van der Waals surface area contributed by atoms with Crippen LogP contribution in [0.3, 0.4) is 0 Å². The summed E-state index contributed by atoms with van der Waals surface area (Å²) >= 11 is 4.98. The van der Waals surface area contributed by atoms with E-state index in [4.69, 9.17) is 22.1 Å². The fourth-order valence-corrected chi connectivity index (χ4v) is 6.51. The molecule has 6 nitrogen and oxygen atoms in total. The predicted molar refractivity (Wildman–Crippen MR) is 178 cm³/mol. The molecule has 42 heavy (non-hydrogen) atoms. The van der Waals surface area contributed by atoms with Gasteiger partial charge in [-0.15, -0.1) is 12.6 Å². The van der Waals surface area contributed by atoms with Gasteiger partial charge in [-0.1, -0.05) is 127 Å². The Hall–Kier alpha value is -0.980. The number of aliphatic hydroxyl groups excluding tert-OH is 1. The summed E-state index contributed by atoms with van der Waals surface area (Å²) in [7, 11) is -1.46. The molecule has 1 aromatic carbocycles. The van der Waals surface area contributed by atoms with E-state index >= 15 is 0 Å². The lowest BCUT2D eigenvalue weighted by atomic mass is 9.86. The maximum Gasteiger partial charge on any atom is 0.411 e. The maximum absolute atomic E-state index is 12.5. The lowest BCUT2D eigenvalue weighted by molar-refractivity contribution is -0.227. The summed E-state index contributed by atoms with van der Waals surface area (Å²) in [5.74, 6) is -1.22. The van der Waals surface area contributed by atoms with Gasteiger partial charge >= 0.3 is 19.8 Å². The van der Waals surface area contributed by atoms with Crippen molar-refractivity contribution in [2.45, 2.75) is 166 Å². The Kier molecular flexibility index (Phi) is 20.9. The monoisotopic (exact) mass is 627 g/mol. The average Bonchev–Trinajstić information content (AvgIpc) is 2.99. The third-order valence-corrected chi connectivity index (χ3v) is 9.59. The van der Waals surface area contributed by atoms with Crippen LogP contribution in [-0.4, -0.2) is 39.4 Å². The fourth-order valence-electron chi connectivity index (χ4n) is 5.49. The van der Waals surface area contributed by atoms with E-state index in [2.05, 4.69) is 45.0 Å². The van der Waals surface area contributed by atoms with Gasteiger partial charge in [-0.2, -0.15) is 0 Å². The van der Waals surface area contributed by atoms with Crippen LogP contribution in [-0.2, 0) is 25.3 Å². The van der Waals surface area contributed by atoms with Crippen LogP contribution in [0.5, 0.6) is 0 Å². The number of aryl methyl sites for hydroxylation is 1. The Morgan fingerprint density at radius 1 is 0.881 bits per heavy atom. The van der Waals surface area contributed by atoms with Crippen LogP contribution in [0.15, 0.2) is 24.3 Å². The summed E-state index contributed by atoms with van der Waals surface area (Å²) in [4.78, 5) is 11.3. The molecule has 0 spiro atoms. The minimum atomic E-state index is -2.39. The number of aliphatic hydroxyl groups is 1. The number of carboxylic acid groups (broad SMARTS) is 1. The second-order valence-electron chi connectivity index (χ2n) is 11.8. The molecule has 1 rings (SSSR count). The number of hydrogen-bond donors (Lipinski definition) is 3. The van der Waals surface area contributed by atoms with Gasteiger partial charge in [-0.05, 0) is 62.0 Å². The van der Waals surface area contributed by atoms with Crippen LogP contribution < -0.4 is 0 Å². The average molecular weight is 628 g/mol. The molecule has 0 heterocycles. The van der Waals surface area contributed by atoms with E-state index in [1.807, 2.05) is 6.92 Å². The molecule has 0 saturated heterocycles. The topological polar surface area (TPSA) is 93.1 Å². The lowest BCUT2D eigenvalue weighted by Crippen LogP contribution is -2.53. The Labute approximate surface area is 263 Å². The number of aliphatic carboxylic acids is 1. The van der Waals surface area contributed by atoms with Gasteiger partial charge < -0.3 is 19.7 Å². The molecule has 0 fully saturated rings. The normalized spacial score (nSPS) is 16.1. The molecule has 2 N–H and O–H groups in total. The van der Waals surface area contributed by atoms with Crippen molar-refractivity contribution in [2.75, 3.05) is 6.61 Å². The molecule has 0 radical (unpaired) electrons. The Morgan fingerprint density at radius 3 is 2.07 bits per heavy atom. The second-order valence-corrected chi connectivity index (χ2v) is 13.6. The minimum Gasteiger partial charge on any atom is -0.476 e. The SMILES string of the molecule is CCCCCCCCCC(S)(CCC(CCCCCCC)c1cccc(CC)c1)OC([PH+]=O)(C(=O)O)C(O)OCCC. The van der Waals surface area contributed by atoms with Crippen LogP contribution in [0.1, 0.15) is 154 Å². The van der Waals surface area contributed by atoms with Crippen molar-refractivity contribution in [1.82, 2.24) is 0 Å². The van der Waals surface area contributed by atoms with Crippen LogP contribution in [0.4, 0.5) is 0 Å². The number of carboxylic acids is 1. The van der Waals surface area contributed by atoms with E-state index < -0.39 is 31.0 Å². The van der Waals surface area contributed by atoms with Gasteiger partial charge in [0.15, 0.2) is 0 Å². The summed E-state index contributed by atoms with van der Waals surface area (Å²) in [6, 6.07) is 8.76. The quantitative estimate of drug-likeness (QED) is 0.0389. The number of benzene rings is 1. The molecule has 5 atom stereocenters. The van der Waals surface area contributed by atoms with Crippen LogP contribution >= 0.6 is 21.1 Å². The van der Waals surface area contributed by atoms with E-state index in [-0.39, 0.29) is 12.5 Å². The summed E-state index contributed by atoms with van der Waals surface area (Å²) in [5.41, 5.74) is 2.59. The van der Waals surface area contributed by atoms with Crippen molar-refractivity contribution in [2.24, 2.45) is 0 Å². The largest absolute Gasteiger partial charge is 0.476 e. The molecular formula is C34H60O6PS+. The van der Waals surface area contributed by atoms with E-state index in [1.165, 1.54) is 62.5 Å². The van der Waals surface area contributed by atoms with E-state index in [0.717, 1.165) is 44.9 Å². The smallest absolute Gasteiger partial charge is 0.411 e. The first-order valence-corrected chi connectivity index (χ1v) is 18.0. The van der Waals surface area contributed by atoms with Crippen molar-refractivity contribution in [3.8, 4) is 0 Å². The van der Waals surface area contributed by atoms with Gasteiger partial charge in [0, 0.05) is 6.61 Å². The molecule has 0 bridgehead atoms. The van der Waals surface area contributed by atoms with E-state index in [9.17, 15) is 19.6 Å². The van der Waals surface area contributed by atoms with Crippen molar-refractivity contribution in [3.63, 3.8) is 0 Å². The first-order chi connectivity index (χ1) is 20.2. The zero-order valence-corrected chi connectivity index (χ0v) is 28.8. The van der Waals surface area contributed by atoms with E-state index in [1.54, 1.807) is 0 Å². The number of thiol groups is 1. The molecule has 0 aliphatic carbocycles. The number of unbranched alkanes of at least 4 members (excludes halogenated alkanes) is 10. The Morgan fingerprint density at radius 2 is 1.50 bits per heavy atom. The predicted octanol–water partition coefficient (Wildman–Crippen LogP) is 9.81. The van der Waals surface area contributed by atoms with Gasteiger partial charge in [0.25, 0.3) is 0 Å². The summed E-state index contributed by atoms with van der Waals surface area (Å²) in [5, 5.41) is 18.5. The van der Waals surface area contributed by atoms with E-state index in [0.29, 0.717) is 19.3 Å². The van der Waals surface area contributed by atoms with Crippen LogP contribution in [0.2, 0.25) is 0 Å². The number of carbonyl (C=O) groups is 1. The first-order valence-electron chi connectivity index (χ1n) is 16.7. The van der Waals surface area contributed by atoms with Crippen molar-refractivity contribution >= 4 is 27.1 Å². The van der Waals surface area contributed by atoms with Crippen molar-refractivity contribution in [3.05, 3.63) is 35.4 Å². The number of hydrogen-bond acceptors (Lipinski definition) is 6.